The van der Waals surface area contributed by atoms with Crippen LogP contribution in [0.1, 0.15) is 51.5 Å². The number of thiocarbonyl (C=S) groups is 1. The summed E-state index contributed by atoms with van der Waals surface area (Å²) in [4.78, 5) is 7.48. The van der Waals surface area contributed by atoms with E-state index in [2.05, 4.69) is 29.8 Å². The second-order valence-electron chi connectivity index (χ2n) is 6.08. The van der Waals surface area contributed by atoms with Crippen molar-refractivity contribution in [2.75, 3.05) is 11.4 Å². The van der Waals surface area contributed by atoms with Gasteiger partial charge in [0.15, 0.2) is 0 Å². The maximum absolute atomic E-state index is 5.64. The molecule has 1 aliphatic rings. The van der Waals surface area contributed by atoms with Crippen LogP contribution in [0.5, 0.6) is 0 Å². The van der Waals surface area contributed by atoms with Gasteiger partial charge in [-0.05, 0) is 37.3 Å². The highest BCUT2D eigenvalue weighted by atomic mass is 32.1. The van der Waals surface area contributed by atoms with E-state index in [0.29, 0.717) is 11.0 Å². The second-order valence-corrected chi connectivity index (χ2v) is 6.52. The van der Waals surface area contributed by atoms with Crippen molar-refractivity contribution in [3.63, 3.8) is 0 Å². The van der Waals surface area contributed by atoms with E-state index in [4.69, 9.17) is 18.0 Å². The number of rotatable bonds is 6. The molecule has 20 heavy (non-hydrogen) atoms. The van der Waals surface area contributed by atoms with Crippen LogP contribution in [-0.2, 0) is 0 Å². The van der Waals surface area contributed by atoms with Gasteiger partial charge in [0.25, 0.3) is 0 Å². The first-order valence-corrected chi connectivity index (χ1v) is 8.01. The maximum atomic E-state index is 5.64. The Balaban J connectivity index is 2.13. The number of nitrogens with two attached hydrogens (primary N) is 1. The van der Waals surface area contributed by atoms with E-state index in [9.17, 15) is 0 Å². The van der Waals surface area contributed by atoms with Gasteiger partial charge in [0.1, 0.15) is 10.8 Å². The summed E-state index contributed by atoms with van der Waals surface area (Å²) in [6.45, 7) is 5.63. The van der Waals surface area contributed by atoms with E-state index >= 15 is 0 Å². The average molecular weight is 291 g/mol. The third kappa shape index (κ3) is 3.92. The van der Waals surface area contributed by atoms with Crippen molar-refractivity contribution >= 4 is 23.0 Å². The van der Waals surface area contributed by atoms with Gasteiger partial charge in [-0.2, -0.15) is 0 Å². The summed E-state index contributed by atoms with van der Waals surface area (Å²) < 4.78 is 0. The summed E-state index contributed by atoms with van der Waals surface area (Å²) in [7, 11) is 0. The monoisotopic (exact) mass is 291 g/mol. The molecule has 2 rings (SSSR count). The van der Waals surface area contributed by atoms with E-state index in [1.807, 2.05) is 6.07 Å². The van der Waals surface area contributed by atoms with Gasteiger partial charge in [0.2, 0.25) is 0 Å². The van der Waals surface area contributed by atoms with Gasteiger partial charge >= 0.3 is 0 Å². The van der Waals surface area contributed by atoms with Crippen molar-refractivity contribution < 1.29 is 0 Å². The number of nitrogens with zero attached hydrogens (tertiary/aromatic N) is 2. The normalized spacial score (nSPS) is 15.8. The molecule has 1 heterocycles. The van der Waals surface area contributed by atoms with Crippen molar-refractivity contribution in [3.05, 3.63) is 23.9 Å². The molecule has 0 spiro atoms. The van der Waals surface area contributed by atoms with E-state index in [0.717, 1.165) is 23.8 Å². The van der Waals surface area contributed by atoms with E-state index in [-0.39, 0.29) is 0 Å². The van der Waals surface area contributed by atoms with E-state index < -0.39 is 0 Å². The summed E-state index contributed by atoms with van der Waals surface area (Å²) in [5, 5.41) is 0. The Kier molecular flexibility index (Phi) is 5.35. The number of hydrogen-bond donors (Lipinski definition) is 1. The average Bonchev–Trinajstić information content (AvgIpc) is 2.93. The highest BCUT2D eigenvalue weighted by Crippen LogP contribution is 2.27. The minimum atomic E-state index is 0.415. The fourth-order valence-electron chi connectivity index (χ4n) is 2.80. The Hall–Kier alpha value is -1.16. The van der Waals surface area contributed by atoms with Gasteiger partial charge < -0.3 is 10.6 Å². The molecule has 0 aliphatic heterocycles. The van der Waals surface area contributed by atoms with Crippen LogP contribution >= 0.6 is 12.2 Å². The number of aromatic nitrogens is 1. The maximum Gasteiger partial charge on any atom is 0.128 e. The Labute approximate surface area is 127 Å². The third-order valence-corrected chi connectivity index (χ3v) is 4.28. The summed E-state index contributed by atoms with van der Waals surface area (Å²) in [5.41, 5.74) is 6.48. The van der Waals surface area contributed by atoms with Crippen LogP contribution in [-0.4, -0.2) is 22.6 Å². The summed E-state index contributed by atoms with van der Waals surface area (Å²) >= 11 is 4.99. The molecule has 0 saturated heterocycles. The van der Waals surface area contributed by atoms with Crippen LogP contribution in [0.4, 0.5) is 5.82 Å². The molecule has 1 aromatic heterocycles. The van der Waals surface area contributed by atoms with Crippen LogP contribution in [0.15, 0.2) is 18.3 Å². The molecule has 1 aromatic rings. The highest BCUT2D eigenvalue weighted by Gasteiger charge is 2.23. The molecule has 110 valence electrons. The zero-order valence-corrected chi connectivity index (χ0v) is 13.3. The molecular formula is C16H25N3S. The van der Waals surface area contributed by atoms with Crippen LogP contribution in [0.25, 0.3) is 0 Å². The zero-order valence-electron chi connectivity index (χ0n) is 12.5. The lowest BCUT2D eigenvalue weighted by atomic mass is 10.1. The SMILES string of the molecule is CC(C)CCN(c1ccc(C(N)=S)cn1)C1CCCC1. The molecule has 0 aromatic carbocycles. The number of anilines is 1. The van der Waals surface area contributed by atoms with Gasteiger partial charge in [0.05, 0.1) is 0 Å². The molecule has 0 unspecified atom stereocenters. The molecule has 1 fully saturated rings. The molecule has 1 aliphatic carbocycles. The fraction of sp³-hybridized carbons (Fsp3) is 0.625. The first-order valence-electron chi connectivity index (χ1n) is 7.60. The third-order valence-electron chi connectivity index (χ3n) is 4.04. The van der Waals surface area contributed by atoms with Crippen molar-refractivity contribution in [3.8, 4) is 0 Å². The van der Waals surface area contributed by atoms with Gasteiger partial charge in [-0.3, -0.25) is 0 Å². The predicted octanol–water partition coefficient (Wildman–Crippen LogP) is 3.51. The minimum Gasteiger partial charge on any atom is -0.389 e. The molecule has 0 amide bonds. The van der Waals surface area contributed by atoms with Crippen LogP contribution in [0.3, 0.4) is 0 Å². The first-order chi connectivity index (χ1) is 9.58. The minimum absolute atomic E-state index is 0.415. The van der Waals surface area contributed by atoms with Crippen molar-refractivity contribution in [1.82, 2.24) is 4.98 Å². The molecule has 0 bridgehead atoms. The van der Waals surface area contributed by atoms with Crippen LogP contribution in [0, 0.1) is 5.92 Å². The quantitative estimate of drug-likeness (QED) is 0.814. The molecule has 2 N–H and O–H groups in total. The predicted molar refractivity (Wildman–Crippen MR) is 89.2 cm³/mol. The summed E-state index contributed by atoms with van der Waals surface area (Å²) in [5.74, 6) is 1.78. The zero-order chi connectivity index (χ0) is 14.5. The number of pyridine rings is 1. The molecule has 4 heteroatoms. The van der Waals surface area contributed by atoms with Crippen LogP contribution in [0.2, 0.25) is 0 Å². The van der Waals surface area contributed by atoms with Gasteiger partial charge in [-0.1, -0.05) is 38.9 Å². The second kappa shape index (κ2) is 7.02. The Morgan fingerprint density at radius 1 is 1.40 bits per heavy atom. The fourth-order valence-corrected chi connectivity index (χ4v) is 2.92. The van der Waals surface area contributed by atoms with Crippen molar-refractivity contribution in [2.24, 2.45) is 11.7 Å². The smallest absolute Gasteiger partial charge is 0.128 e. The lowest BCUT2D eigenvalue weighted by Gasteiger charge is -2.31. The highest BCUT2D eigenvalue weighted by molar-refractivity contribution is 7.80. The topological polar surface area (TPSA) is 42.1 Å². The lowest BCUT2D eigenvalue weighted by Crippen LogP contribution is -2.35. The molecular weight excluding hydrogens is 266 g/mol. The number of hydrogen-bond acceptors (Lipinski definition) is 3. The molecule has 0 radical (unpaired) electrons. The Morgan fingerprint density at radius 3 is 2.60 bits per heavy atom. The molecule has 0 atom stereocenters. The summed E-state index contributed by atoms with van der Waals surface area (Å²) in [6, 6.07) is 4.70. The molecule has 3 nitrogen and oxygen atoms in total. The van der Waals surface area contributed by atoms with E-state index in [1.54, 1.807) is 6.20 Å². The van der Waals surface area contributed by atoms with Gasteiger partial charge in [-0.15, -0.1) is 0 Å². The van der Waals surface area contributed by atoms with Crippen molar-refractivity contribution in [2.45, 2.75) is 52.0 Å². The largest absolute Gasteiger partial charge is 0.389 e. The summed E-state index contributed by atoms with van der Waals surface area (Å²) in [6.07, 6.45) is 8.26. The van der Waals surface area contributed by atoms with E-state index in [1.165, 1.54) is 32.1 Å². The lowest BCUT2D eigenvalue weighted by molar-refractivity contribution is 0.525. The van der Waals surface area contributed by atoms with Crippen LogP contribution < -0.4 is 10.6 Å². The van der Waals surface area contributed by atoms with Crippen molar-refractivity contribution in [1.29, 1.82) is 0 Å². The standard InChI is InChI=1S/C16H25N3S/c1-12(2)9-10-19(14-5-3-4-6-14)15-8-7-13(11-18-15)16(17)20/h7-8,11-12,14H,3-6,9-10H2,1-2H3,(H2,17,20). The van der Waals surface area contributed by atoms with Gasteiger partial charge in [0, 0.05) is 24.3 Å². The molecule has 1 saturated carbocycles. The van der Waals surface area contributed by atoms with Gasteiger partial charge in [-0.25, -0.2) is 4.98 Å². The Bertz CT molecular complexity index is 436. The first kappa shape index (κ1) is 15.2. The Morgan fingerprint density at radius 2 is 2.10 bits per heavy atom.